The first-order valence-corrected chi connectivity index (χ1v) is 9.57. The normalized spacial score (nSPS) is 17.7. The van der Waals surface area contributed by atoms with Gasteiger partial charge in [-0.25, -0.2) is 0 Å². The van der Waals surface area contributed by atoms with Gasteiger partial charge in [0.05, 0.1) is 23.9 Å². The molecule has 4 rings (SSSR count). The van der Waals surface area contributed by atoms with Crippen LogP contribution in [0, 0.1) is 0 Å². The van der Waals surface area contributed by atoms with Gasteiger partial charge in [0.1, 0.15) is 5.75 Å². The molecule has 150 valence electrons. The van der Waals surface area contributed by atoms with Crippen molar-refractivity contribution in [2.24, 2.45) is 0 Å². The fourth-order valence-corrected chi connectivity index (χ4v) is 3.26. The number of nitrogens with one attached hydrogen (secondary N) is 2. The molecule has 0 aliphatic carbocycles. The van der Waals surface area contributed by atoms with E-state index in [1.807, 2.05) is 0 Å². The number of halogens is 1. The zero-order valence-corrected chi connectivity index (χ0v) is 16.4. The third-order valence-corrected chi connectivity index (χ3v) is 4.71. The van der Waals surface area contributed by atoms with Gasteiger partial charge in [0.15, 0.2) is 17.6 Å². The Kier molecular flexibility index (Phi) is 5.31. The van der Waals surface area contributed by atoms with Gasteiger partial charge in [0.2, 0.25) is 5.91 Å². The minimum absolute atomic E-state index is 0.229. The Morgan fingerprint density at radius 3 is 2.90 bits per heavy atom. The molecule has 29 heavy (non-hydrogen) atoms. The van der Waals surface area contributed by atoms with Gasteiger partial charge < -0.3 is 24.8 Å². The first-order chi connectivity index (χ1) is 14.0. The van der Waals surface area contributed by atoms with Crippen molar-refractivity contribution in [2.75, 3.05) is 23.8 Å². The van der Waals surface area contributed by atoms with Gasteiger partial charge in [-0.15, -0.1) is 0 Å². The van der Waals surface area contributed by atoms with E-state index in [1.54, 1.807) is 43.3 Å². The predicted octanol–water partition coefficient (Wildman–Crippen LogP) is 3.87. The summed E-state index contributed by atoms with van der Waals surface area (Å²) >= 11 is 6.27. The molecule has 2 aromatic carbocycles. The quantitative estimate of drug-likeness (QED) is 0.744. The summed E-state index contributed by atoms with van der Waals surface area (Å²) in [4.78, 5) is 24.0. The lowest BCUT2D eigenvalue weighted by molar-refractivity contribution is -0.122. The fraction of sp³-hybridized carbons (Fsp3) is 0.238. The standard InChI is InChI=1S/C21H19ClN2O5/c1-12-21(26)24-16-11-14(4-5-17(16)29-12)23-19(25)6-3-13-9-15(22)20-18(10-13)27-7-2-8-28-20/h3-6,9-12H,2,7-8H2,1H3,(H,23,25)(H,24,26)/b6-3+/t12-/m0/s1. The van der Waals surface area contributed by atoms with Gasteiger partial charge in [0, 0.05) is 18.2 Å². The van der Waals surface area contributed by atoms with Crippen molar-refractivity contribution in [1.82, 2.24) is 0 Å². The molecule has 1 atom stereocenters. The number of ether oxygens (including phenoxy) is 3. The van der Waals surface area contributed by atoms with E-state index in [2.05, 4.69) is 10.6 Å². The maximum absolute atomic E-state index is 12.3. The second-order valence-electron chi connectivity index (χ2n) is 6.66. The molecule has 2 aliphatic heterocycles. The number of fused-ring (bicyclic) bond motifs is 2. The SMILES string of the molecule is C[C@@H]1Oc2ccc(NC(=O)/C=C/c3cc(Cl)c4c(c3)OCCCO4)cc2NC1=O. The minimum Gasteiger partial charge on any atom is -0.489 e. The smallest absolute Gasteiger partial charge is 0.265 e. The lowest BCUT2D eigenvalue weighted by atomic mass is 10.1. The summed E-state index contributed by atoms with van der Waals surface area (Å²) in [5.74, 6) is 1.09. The highest BCUT2D eigenvalue weighted by molar-refractivity contribution is 6.32. The summed E-state index contributed by atoms with van der Waals surface area (Å²) in [6, 6.07) is 8.55. The van der Waals surface area contributed by atoms with Crippen LogP contribution in [0.2, 0.25) is 5.02 Å². The number of carbonyl (C=O) groups is 2. The molecule has 2 N–H and O–H groups in total. The molecule has 0 saturated carbocycles. The average Bonchev–Trinajstić information content (AvgIpc) is 2.93. The lowest BCUT2D eigenvalue weighted by Gasteiger charge is -2.23. The molecule has 0 bridgehead atoms. The summed E-state index contributed by atoms with van der Waals surface area (Å²) in [5.41, 5.74) is 1.77. The van der Waals surface area contributed by atoms with E-state index in [1.165, 1.54) is 6.08 Å². The molecule has 2 aromatic rings. The molecule has 0 fully saturated rings. The molecule has 8 heteroatoms. The summed E-state index contributed by atoms with van der Waals surface area (Å²) in [5, 5.41) is 5.94. The monoisotopic (exact) mass is 414 g/mol. The maximum atomic E-state index is 12.3. The van der Waals surface area contributed by atoms with Crippen LogP contribution in [0.25, 0.3) is 6.08 Å². The van der Waals surface area contributed by atoms with E-state index in [-0.39, 0.29) is 11.8 Å². The summed E-state index contributed by atoms with van der Waals surface area (Å²) in [6.45, 7) is 2.77. The largest absolute Gasteiger partial charge is 0.489 e. The van der Waals surface area contributed by atoms with Crippen molar-refractivity contribution in [2.45, 2.75) is 19.4 Å². The van der Waals surface area contributed by atoms with Crippen molar-refractivity contribution in [3.05, 3.63) is 47.0 Å². The Morgan fingerprint density at radius 2 is 2.03 bits per heavy atom. The molecule has 2 heterocycles. The van der Waals surface area contributed by atoms with Gasteiger partial charge in [0.25, 0.3) is 5.91 Å². The molecular formula is C21H19ClN2O5. The summed E-state index contributed by atoms with van der Waals surface area (Å²) in [7, 11) is 0. The second kappa shape index (κ2) is 8.05. The summed E-state index contributed by atoms with van der Waals surface area (Å²) in [6.07, 6.45) is 3.27. The number of carbonyl (C=O) groups excluding carboxylic acids is 2. The molecule has 0 spiro atoms. The molecule has 0 unspecified atom stereocenters. The minimum atomic E-state index is -0.548. The van der Waals surface area contributed by atoms with Crippen molar-refractivity contribution >= 4 is 40.9 Å². The Labute approximate surface area is 172 Å². The van der Waals surface area contributed by atoms with Gasteiger partial charge in [-0.05, 0) is 48.9 Å². The maximum Gasteiger partial charge on any atom is 0.265 e. The zero-order chi connectivity index (χ0) is 20.4. The second-order valence-corrected chi connectivity index (χ2v) is 7.07. The van der Waals surface area contributed by atoms with Gasteiger partial charge in [-0.3, -0.25) is 9.59 Å². The van der Waals surface area contributed by atoms with Crippen molar-refractivity contribution in [3.8, 4) is 17.2 Å². The molecule has 7 nitrogen and oxygen atoms in total. The Balaban J connectivity index is 1.46. The van der Waals surface area contributed by atoms with E-state index in [4.69, 9.17) is 25.8 Å². The Morgan fingerprint density at radius 1 is 1.21 bits per heavy atom. The number of hydrogen-bond acceptors (Lipinski definition) is 5. The average molecular weight is 415 g/mol. The highest BCUT2D eigenvalue weighted by Gasteiger charge is 2.23. The highest BCUT2D eigenvalue weighted by atomic mass is 35.5. The topological polar surface area (TPSA) is 85.9 Å². The van der Waals surface area contributed by atoms with Crippen molar-refractivity contribution in [1.29, 1.82) is 0 Å². The first-order valence-electron chi connectivity index (χ1n) is 9.19. The number of benzene rings is 2. The zero-order valence-electron chi connectivity index (χ0n) is 15.7. The van der Waals surface area contributed by atoms with Crippen LogP contribution in [0.3, 0.4) is 0 Å². The molecule has 2 aliphatic rings. The third-order valence-electron chi connectivity index (χ3n) is 4.43. The van der Waals surface area contributed by atoms with E-state index in [9.17, 15) is 9.59 Å². The fourth-order valence-electron chi connectivity index (χ4n) is 2.99. The molecule has 2 amide bonds. The van der Waals surface area contributed by atoms with Crippen LogP contribution >= 0.6 is 11.6 Å². The van der Waals surface area contributed by atoms with E-state index >= 15 is 0 Å². The van der Waals surface area contributed by atoms with Gasteiger partial charge in [-0.2, -0.15) is 0 Å². The van der Waals surface area contributed by atoms with Crippen LogP contribution in [0.15, 0.2) is 36.4 Å². The van der Waals surface area contributed by atoms with Crippen LogP contribution in [-0.2, 0) is 9.59 Å². The Bertz CT molecular complexity index is 1000. The summed E-state index contributed by atoms with van der Waals surface area (Å²) < 4.78 is 16.8. The van der Waals surface area contributed by atoms with Crippen LogP contribution in [0.5, 0.6) is 17.2 Å². The molecule has 0 aromatic heterocycles. The molecule has 0 radical (unpaired) electrons. The first kappa shape index (κ1) is 19.1. The van der Waals surface area contributed by atoms with Gasteiger partial charge in [-0.1, -0.05) is 11.6 Å². The number of anilines is 2. The van der Waals surface area contributed by atoms with Crippen molar-refractivity contribution < 1.29 is 23.8 Å². The predicted molar refractivity (Wildman–Crippen MR) is 110 cm³/mol. The third kappa shape index (κ3) is 4.30. The van der Waals surface area contributed by atoms with E-state index < -0.39 is 6.10 Å². The number of amides is 2. The van der Waals surface area contributed by atoms with Crippen LogP contribution in [-0.4, -0.2) is 31.1 Å². The van der Waals surface area contributed by atoms with Gasteiger partial charge >= 0.3 is 0 Å². The number of hydrogen-bond donors (Lipinski definition) is 2. The molecular weight excluding hydrogens is 396 g/mol. The van der Waals surface area contributed by atoms with Crippen LogP contribution in [0.4, 0.5) is 11.4 Å². The lowest BCUT2D eigenvalue weighted by Crippen LogP contribution is -2.34. The Hall–Kier alpha value is -3.19. The van der Waals surface area contributed by atoms with E-state index in [0.29, 0.717) is 46.9 Å². The number of rotatable bonds is 3. The molecule has 0 saturated heterocycles. The highest BCUT2D eigenvalue weighted by Crippen LogP contribution is 2.38. The van der Waals surface area contributed by atoms with Crippen LogP contribution in [0.1, 0.15) is 18.9 Å². The van der Waals surface area contributed by atoms with Crippen LogP contribution < -0.4 is 24.8 Å². The van der Waals surface area contributed by atoms with Crippen molar-refractivity contribution in [3.63, 3.8) is 0 Å². The van der Waals surface area contributed by atoms with E-state index in [0.717, 1.165) is 12.0 Å².